The summed E-state index contributed by atoms with van der Waals surface area (Å²) in [5.74, 6) is -0.291. The van der Waals surface area contributed by atoms with Crippen molar-refractivity contribution in [3.63, 3.8) is 0 Å². The van der Waals surface area contributed by atoms with Crippen LogP contribution in [0.25, 0.3) is 11.1 Å². The highest BCUT2D eigenvalue weighted by Crippen LogP contribution is 2.23. The number of carbonyl (C=O) groups excluding carboxylic acids is 1. The van der Waals surface area contributed by atoms with E-state index in [-0.39, 0.29) is 18.4 Å². The van der Waals surface area contributed by atoms with Crippen molar-refractivity contribution in [2.24, 2.45) is 5.73 Å². The Morgan fingerprint density at radius 3 is 2.35 bits per heavy atom. The molecule has 0 fully saturated rings. The van der Waals surface area contributed by atoms with Crippen LogP contribution in [0.4, 0.5) is 0 Å². The quantitative estimate of drug-likeness (QED) is 0.878. The van der Waals surface area contributed by atoms with Gasteiger partial charge in [0.1, 0.15) is 0 Å². The van der Waals surface area contributed by atoms with Gasteiger partial charge in [0.25, 0.3) is 0 Å². The van der Waals surface area contributed by atoms with E-state index in [1.807, 2.05) is 36.4 Å². The van der Waals surface area contributed by atoms with Crippen LogP contribution < -0.4 is 5.73 Å². The SMILES string of the molecule is CCOC(=O)c1ccc(-c2ccccc2CN)cc1.Cl. The number of hydrogen-bond acceptors (Lipinski definition) is 3. The fraction of sp³-hybridized carbons (Fsp3) is 0.188. The number of esters is 1. The van der Waals surface area contributed by atoms with E-state index in [0.717, 1.165) is 16.7 Å². The Hall–Kier alpha value is -1.84. The van der Waals surface area contributed by atoms with E-state index in [1.165, 1.54) is 0 Å². The Balaban J connectivity index is 0.00000200. The number of carbonyl (C=O) groups is 1. The molecule has 2 rings (SSSR count). The van der Waals surface area contributed by atoms with Gasteiger partial charge in [0.05, 0.1) is 12.2 Å². The summed E-state index contributed by atoms with van der Waals surface area (Å²) in [6, 6.07) is 15.4. The van der Waals surface area contributed by atoms with Crippen LogP contribution in [0.3, 0.4) is 0 Å². The molecule has 0 aromatic heterocycles. The zero-order chi connectivity index (χ0) is 13.7. The molecule has 106 valence electrons. The lowest BCUT2D eigenvalue weighted by molar-refractivity contribution is 0.0526. The van der Waals surface area contributed by atoms with Gasteiger partial charge in [-0.15, -0.1) is 12.4 Å². The third kappa shape index (κ3) is 3.59. The molecule has 0 heterocycles. The van der Waals surface area contributed by atoms with Crippen LogP contribution in [0.5, 0.6) is 0 Å². The molecule has 2 aromatic rings. The fourth-order valence-corrected chi connectivity index (χ4v) is 1.98. The number of hydrogen-bond donors (Lipinski definition) is 1. The molecule has 0 amide bonds. The summed E-state index contributed by atoms with van der Waals surface area (Å²) in [5.41, 5.74) is 9.53. The van der Waals surface area contributed by atoms with Gasteiger partial charge >= 0.3 is 5.97 Å². The van der Waals surface area contributed by atoms with E-state index in [1.54, 1.807) is 19.1 Å². The summed E-state index contributed by atoms with van der Waals surface area (Å²) in [6.07, 6.45) is 0. The summed E-state index contributed by atoms with van der Waals surface area (Å²) in [5, 5.41) is 0. The first kappa shape index (κ1) is 16.2. The van der Waals surface area contributed by atoms with E-state index in [2.05, 4.69) is 0 Å². The molecule has 0 saturated carbocycles. The second-order valence-corrected chi connectivity index (χ2v) is 4.16. The van der Waals surface area contributed by atoms with E-state index in [4.69, 9.17) is 10.5 Å². The lowest BCUT2D eigenvalue weighted by atomic mass is 9.99. The fourth-order valence-electron chi connectivity index (χ4n) is 1.98. The van der Waals surface area contributed by atoms with Crippen LogP contribution in [0.15, 0.2) is 48.5 Å². The van der Waals surface area contributed by atoms with Crippen LogP contribution in [0, 0.1) is 0 Å². The smallest absolute Gasteiger partial charge is 0.338 e. The van der Waals surface area contributed by atoms with E-state index < -0.39 is 0 Å². The highest BCUT2D eigenvalue weighted by atomic mass is 35.5. The number of ether oxygens (including phenoxy) is 1. The van der Waals surface area contributed by atoms with E-state index >= 15 is 0 Å². The van der Waals surface area contributed by atoms with Crippen LogP contribution in [-0.2, 0) is 11.3 Å². The van der Waals surface area contributed by atoms with Crippen molar-refractivity contribution >= 4 is 18.4 Å². The summed E-state index contributed by atoms with van der Waals surface area (Å²) in [4.78, 5) is 11.6. The monoisotopic (exact) mass is 291 g/mol. The van der Waals surface area contributed by atoms with Crippen molar-refractivity contribution < 1.29 is 9.53 Å². The zero-order valence-electron chi connectivity index (χ0n) is 11.3. The molecule has 0 aliphatic carbocycles. The van der Waals surface area contributed by atoms with Crippen LogP contribution in [0.2, 0.25) is 0 Å². The number of halogens is 1. The van der Waals surface area contributed by atoms with Gasteiger partial charge in [-0.2, -0.15) is 0 Å². The Labute approximate surface area is 125 Å². The normalized spacial score (nSPS) is 9.70. The molecular formula is C16H18ClNO2. The third-order valence-electron chi connectivity index (χ3n) is 2.94. The average molecular weight is 292 g/mol. The molecule has 0 unspecified atom stereocenters. The minimum absolute atomic E-state index is 0. The summed E-state index contributed by atoms with van der Waals surface area (Å²) < 4.78 is 4.96. The summed E-state index contributed by atoms with van der Waals surface area (Å²) in [6.45, 7) is 2.68. The number of benzene rings is 2. The van der Waals surface area contributed by atoms with Gasteiger partial charge in [-0.3, -0.25) is 0 Å². The molecule has 0 saturated heterocycles. The molecule has 4 heteroatoms. The molecule has 0 bridgehead atoms. The van der Waals surface area contributed by atoms with Gasteiger partial charge in [0.2, 0.25) is 0 Å². The van der Waals surface area contributed by atoms with Crippen molar-refractivity contribution in [3.8, 4) is 11.1 Å². The maximum absolute atomic E-state index is 11.6. The van der Waals surface area contributed by atoms with Gasteiger partial charge in [0.15, 0.2) is 0 Å². The molecule has 0 atom stereocenters. The van der Waals surface area contributed by atoms with Crippen molar-refractivity contribution in [1.29, 1.82) is 0 Å². The van der Waals surface area contributed by atoms with Crippen LogP contribution in [0.1, 0.15) is 22.8 Å². The zero-order valence-corrected chi connectivity index (χ0v) is 12.2. The second-order valence-electron chi connectivity index (χ2n) is 4.16. The lowest BCUT2D eigenvalue weighted by Crippen LogP contribution is -2.04. The van der Waals surface area contributed by atoms with Crippen molar-refractivity contribution in [3.05, 3.63) is 59.7 Å². The first-order chi connectivity index (χ1) is 9.26. The molecule has 0 aliphatic rings. The average Bonchev–Trinajstić information content (AvgIpc) is 2.47. The van der Waals surface area contributed by atoms with Gasteiger partial charge in [-0.25, -0.2) is 4.79 Å². The van der Waals surface area contributed by atoms with Gasteiger partial charge in [-0.05, 0) is 35.7 Å². The molecule has 2 N–H and O–H groups in total. The molecule has 2 aromatic carbocycles. The molecule has 20 heavy (non-hydrogen) atoms. The third-order valence-corrected chi connectivity index (χ3v) is 2.94. The van der Waals surface area contributed by atoms with Gasteiger partial charge < -0.3 is 10.5 Å². The van der Waals surface area contributed by atoms with E-state index in [9.17, 15) is 4.79 Å². The van der Waals surface area contributed by atoms with Crippen molar-refractivity contribution in [2.75, 3.05) is 6.61 Å². The van der Waals surface area contributed by atoms with E-state index in [0.29, 0.717) is 18.7 Å². The molecule has 0 aliphatic heterocycles. The maximum Gasteiger partial charge on any atom is 0.338 e. The summed E-state index contributed by atoms with van der Waals surface area (Å²) in [7, 11) is 0. The Morgan fingerprint density at radius 1 is 1.10 bits per heavy atom. The van der Waals surface area contributed by atoms with Crippen molar-refractivity contribution in [2.45, 2.75) is 13.5 Å². The highest BCUT2D eigenvalue weighted by molar-refractivity contribution is 5.90. The lowest BCUT2D eigenvalue weighted by Gasteiger charge is -2.08. The Kier molecular flexibility index (Phi) is 6.22. The Bertz CT molecular complexity index is 567. The van der Waals surface area contributed by atoms with Gasteiger partial charge in [0, 0.05) is 6.54 Å². The number of rotatable bonds is 4. The summed E-state index contributed by atoms with van der Waals surface area (Å²) >= 11 is 0. The first-order valence-corrected chi connectivity index (χ1v) is 6.31. The predicted octanol–water partition coefficient (Wildman–Crippen LogP) is 3.41. The first-order valence-electron chi connectivity index (χ1n) is 6.31. The minimum Gasteiger partial charge on any atom is -0.462 e. The highest BCUT2D eigenvalue weighted by Gasteiger charge is 2.07. The largest absolute Gasteiger partial charge is 0.462 e. The molecule has 3 nitrogen and oxygen atoms in total. The van der Waals surface area contributed by atoms with Crippen molar-refractivity contribution in [1.82, 2.24) is 0 Å². The Morgan fingerprint density at radius 2 is 1.75 bits per heavy atom. The molecule has 0 spiro atoms. The standard InChI is InChI=1S/C16H17NO2.ClH/c1-2-19-16(18)13-9-7-12(8-10-13)15-6-4-3-5-14(15)11-17;/h3-10H,2,11,17H2,1H3;1H. The molecular weight excluding hydrogens is 274 g/mol. The predicted molar refractivity (Wildman–Crippen MR) is 83.0 cm³/mol. The van der Waals surface area contributed by atoms with Gasteiger partial charge in [-0.1, -0.05) is 36.4 Å². The second kappa shape index (κ2) is 7.68. The topological polar surface area (TPSA) is 52.3 Å². The minimum atomic E-state index is -0.291. The van der Waals surface area contributed by atoms with Crippen LogP contribution >= 0.6 is 12.4 Å². The maximum atomic E-state index is 11.6. The number of nitrogens with two attached hydrogens (primary N) is 1. The molecule has 0 radical (unpaired) electrons. The van der Waals surface area contributed by atoms with Crippen LogP contribution in [-0.4, -0.2) is 12.6 Å².